The third-order valence-electron chi connectivity index (χ3n) is 2.02. The molecule has 1 aliphatic rings. The van der Waals surface area contributed by atoms with Crippen molar-refractivity contribution in [2.45, 2.75) is 31.7 Å². The van der Waals surface area contributed by atoms with E-state index in [1.807, 2.05) is 21.0 Å². The predicted octanol–water partition coefficient (Wildman–Crippen LogP) is 0.0863. The SMILES string of the molecule is C[C@@H]1O[C@@H](CN(C)C)C[C@H]1O. The molecule has 3 nitrogen and oxygen atoms in total. The maximum Gasteiger partial charge on any atom is 0.0824 e. The van der Waals surface area contributed by atoms with Gasteiger partial charge in [0.15, 0.2) is 0 Å². The first kappa shape index (κ1) is 8.97. The van der Waals surface area contributed by atoms with Crippen molar-refractivity contribution in [2.75, 3.05) is 20.6 Å². The smallest absolute Gasteiger partial charge is 0.0824 e. The summed E-state index contributed by atoms with van der Waals surface area (Å²) in [7, 11) is 4.03. The van der Waals surface area contributed by atoms with Crippen LogP contribution < -0.4 is 0 Å². The number of hydrogen-bond donors (Lipinski definition) is 1. The van der Waals surface area contributed by atoms with Crippen LogP contribution >= 0.6 is 0 Å². The van der Waals surface area contributed by atoms with Crippen molar-refractivity contribution in [3.63, 3.8) is 0 Å². The van der Waals surface area contributed by atoms with E-state index in [1.165, 1.54) is 0 Å². The Morgan fingerprint density at radius 3 is 2.55 bits per heavy atom. The van der Waals surface area contributed by atoms with Gasteiger partial charge in [-0.1, -0.05) is 0 Å². The summed E-state index contributed by atoms with van der Waals surface area (Å²) in [5, 5.41) is 9.34. The Bertz CT molecular complexity index is 115. The lowest BCUT2D eigenvalue weighted by Gasteiger charge is -2.15. The van der Waals surface area contributed by atoms with E-state index in [-0.39, 0.29) is 18.3 Å². The largest absolute Gasteiger partial charge is 0.390 e. The standard InChI is InChI=1S/C8H17NO2/c1-6-8(10)4-7(11-6)5-9(2)3/h6-8,10H,4-5H2,1-3H3/t6-,7+,8+/m0/s1. The number of ether oxygens (including phenoxy) is 1. The third kappa shape index (κ3) is 2.43. The van der Waals surface area contributed by atoms with Gasteiger partial charge >= 0.3 is 0 Å². The van der Waals surface area contributed by atoms with Crippen LogP contribution in [0.4, 0.5) is 0 Å². The summed E-state index contributed by atoms with van der Waals surface area (Å²) < 4.78 is 5.49. The fourth-order valence-corrected chi connectivity index (χ4v) is 1.44. The fourth-order valence-electron chi connectivity index (χ4n) is 1.44. The highest BCUT2D eigenvalue weighted by Gasteiger charge is 2.30. The molecule has 0 saturated carbocycles. The van der Waals surface area contributed by atoms with Crippen LogP contribution in [0.1, 0.15) is 13.3 Å². The minimum Gasteiger partial charge on any atom is -0.390 e. The summed E-state index contributed by atoms with van der Waals surface area (Å²) in [4.78, 5) is 2.08. The average molecular weight is 159 g/mol. The zero-order valence-electron chi connectivity index (χ0n) is 7.45. The molecule has 1 N–H and O–H groups in total. The van der Waals surface area contributed by atoms with E-state index in [0.717, 1.165) is 13.0 Å². The number of rotatable bonds is 2. The van der Waals surface area contributed by atoms with Crippen LogP contribution in [0.3, 0.4) is 0 Å². The number of nitrogens with zero attached hydrogens (tertiary/aromatic N) is 1. The summed E-state index contributed by atoms with van der Waals surface area (Å²) in [6, 6.07) is 0. The monoisotopic (exact) mass is 159 g/mol. The van der Waals surface area contributed by atoms with Crippen molar-refractivity contribution in [1.82, 2.24) is 4.90 Å². The summed E-state index contributed by atoms with van der Waals surface area (Å²) >= 11 is 0. The zero-order valence-corrected chi connectivity index (χ0v) is 7.45. The van der Waals surface area contributed by atoms with Crippen molar-refractivity contribution in [3.8, 4) is 0 Å². The Morgan fingerprint density at radius 2 is 2.18 bits per heavy atom. The summed E-state index contributed by atoms with van der Waals surface area (Å²) in [5.74, 6) is 0. The van der Waals surface area contributed by atoms with E-state index < -0.39 is 0 Å². The molecule has 1 fully saturated rings. The Kier molecular flexibility index (Phi) is 2.87. The molecule has 0 unspecified atom stereocenters. The molecule has 1 rings (SSSR count). The highest BCUT2D eigenvalue weighted by Crippen LogP contribution is 2.19. The lowest BCUT2D eigenvalue weighted by molar-refractivity contribution is 0.0139. The molecule has 0 aromatic rings. The van der Waals surface area contributed by atoms with Crippen molar-refractivity contribution in [2.24, 2.45) is 0 Å². The van der Waals surface area contributed by atoms with E-state index in [9.17, 15) is 5.11 Å². The molecule has 1 heterocycles. The molecule has 0 bridgehead atoms. The van der Waals surface area contributed by atoms with Crippen molar-refractivity contribution >= 4 is 0 Å². The Morgan fingerprint density at radius 1 is 1.55 bits per heavy atom. The van der Waals surface area contributed by atoms with Crippen LogP contribution in [0.25, 0.3) is 0 Å². The molecule has 1 saturated heterocycles. The molecule has 0 aromatic carbocycles. The van der Waals surface area contributed by atoms with E-state index in [2.05, 4.69) is 4.90 Å². The van der Waals surface area contributed by atoms with Gasteiger partial charge in [-0.2, -0.15) is 0 Å². The van der Waals surface area contributed by atoms with Gasteiger partial charge in [0.2, 0.25) is 0 Å². The Labute approximate surface area is 68.0 Å². The third-order valence-corrected chi connectivity index (χ3v) is 2.02. The highest BCUT2D eigenvalue weighted by atomic mass is 16.5. The van der Waals surface area contributed by atoms with Gasteiger partial charge in [0.25, 0.3) is 0 Å². The summed E-state index contributed by atoms with van der Waals surface area (Å²) in [5.41, 5.74) is 0. The fraction of sp³-hybridized carbons (Fsp3) is 1.00. The van der Waals surface area contributed by atoms with Gasteiger partial charge in [-0.15, -0.1) is 0 Å². The van der Waals surface area contributed by atoms with Crippen molar-refractivity contribution in [1.29, 1.82) is 0 Å². The number of aliphatic hydroxyl groups excluding tert-OH is 1. The van der Waals surface area contributed by atoms with E-state index in [0.29, 0.717) is 0 Å². The van der Waals surface area contributed by atoms with Crippen LogP contribution in [0.5, 0.6) is 0 Å². The van der Waals surface area contributed by atoms with Crippen LogP contribution in [-0.4, -0.2) is 49.0 Å². The van der Waals surface area contributed by atoms with Gasteiger partial charge in [0.1, 0.15) is 0 Å². The van der Waals surface area contributed by atoms with Crippen LogP contribution in [0.2, 0.25) is 0 Å². The second-order valence-electron chi connectivity index (χ2n) is 3.53. The molecule has 1 aliphatic heterocycles. The first-order valence-corrected chi connectivity index (χ1v) is 4.08. The molecule has 3 heteroatoms. The first-order chi connectivity index (χ1) is 5.09. The molecular formula is C8H17NO2. The lowest BCUT2D eigenvalue weighted by Crippen LogP contribution is -2.25. The molecule has 0 amide bonds. The van der Waals surface area contributed by atoms with E-state index in [1.54, 1.807) is 0 Å². The minimum atomic E-state index is -0.264. The van der Waals surface area contributed by atoms with Crippen LogP contribution in [0.15, 0.2) is 0 Å². The average Bonchev–Trinajstić information content (AvgIpc) is 2.10. The quantitative estimate of drug-likeness (QED) is 0.619. The van der Waals surface area contributed by atoms with Crippen molar-refractivity contribution in [3.05, 3.63) is 0 Å². The number of aliphatic hydroxyl groups is 1. The van der Waals surface area contributed by atoms with E-state index >= 15 is 0 Å². The minimum absolute atomic E-state index is 0.0138. The van der Waals surface area contributed by atoms with Gasteiger partial charge < -0.3 is 14.7 Å². The van der Waals surface area contributed by atoms with Crippen LogP contribution in [0, 0.1) is 0 Å². The molecule has 3 atom stereocenters. The predicted molar refractivity (Wildman–Crippen MR) is 43.5 cm³/mol. The maximum atomic E-state index is 9.34. The van der Waals surface area contributed by atoms with Gasteiger partial charge in [-0.25, -0.2) is 0 Å². The molecule has 0 radical (unpaired) electrons. The van der Waals surface area contributed by atoms with E-state index in [4.69, 9.17) is 4.74 Å². The number of likely N-dealkylation sites (N-methyl/N-ethyl adjacent to an activating group) is 1. The zero-order chi connectivity index (χ0) is 8.43. The maximum absolute atomic E-state index is 9.34. The second kappa shape index (κ2) is 3.52. The second-order valence-corrected chi connectivity index (χ2v) is 3.53. The molecule has 11 heavy (non-hydrogen) atoms. The first-order valence-electron chi connectivity index (χ1n) is 4.08. The van der Waals surface area contributed by atoms with Gasteiger partial charge in [-0.3, -0.25) is 0 Å². The molecular weight excluding hydrogens is 142 g/mol. The lowest BCUT2D eigenvalue weighted by atomic mass is 10.1. The Balaban J connectivity index is 2.29. The molecule has 0 aromatic heterocycles. The van der Waals surface area contributed by atoms with Crippen LogP contribution in [-0.2, 0) is 4.74 Å². The Hall–Kier alpha value is -0.120. The van der Waals surface area contributed by atoms with Gasteiger partial charge in [-0.05, 0) is 21.0 Å². The van der Waals surface area contributed by atoms with Crippen molar-refractivity contribution < 1.29 is 9.84 Å². The molecule has 0 spiro atoms. The summed E-state index contributed by atoms with van der Waals surface area (Å²) in [6.45, 7) is 2.82. The molecule has 66 valence electrons. The highest BCUT2D eigenvalue weighted by molar-refractivity contribution is 4.80. The summed E-state index contributed by atoms with van der Waals surface area (Å²) in [6.07, 6.45) is 0.745. The van der Waals surface area contributed by atoms with Gasteiger partial charge in [0.05, 0.1) is 18.3 Å². The number of hydrogen-bond acceptors (Lipinski definition) is 3. The van der Waals surface area contributed by atoms with Gasteiger partial charge in [0, 0.05) is 13.0 Å². The normalized spacial score (nSPS) is 38.5. The topological polar surface area (TPSA) is 32.7 Å². The molecule has 0 aliphatic carbocycles.